The molecule has 1 aliphatic heterocycles. The van der Waals surface area contributed by atoms with Crippen LogP contribution in [0.5, 0.6) is 0 Å². The van der Waals surface area contributed by atoms with Crippen molar-refractivity contribution >= 4 is 17.3 Å². The number of hydrogen-bond donors (Lipinski definition) is 0. The van der Waals surface area contributed by atoms with Crippen LogP contribution in [0.2, 0.25) is 0 Å². The van der Waals surface area contributed by atoms with E-state index in [4.69, 9.17) is 4.74 Å². The fourth-order valence-corrected chi connectivity index (χ4v) is 6.19. The molecule has 150 valence electrons. The van der Waals surface area contributed by atoms with Crippen LogP contribution in [-0.2, 0) is 20.7 Å². The Morgan fingerprint density at radius 3 is 2.32 bits per heavy atom. The monoisotopic (exact) mass is 397 g/mol. The summed E-state index contributed by atoms with van der Waals surface area (Å²) in [6.07, 6.45) is 8.64. The smallest absolute Gasteiger partial charge is 0.306 e. The van der Waals surface area contributed by atoms with Gasteiger partial charge >= 0.3 is 5.97 Å². The lowest BCUT2D eigenvalue weighted by atomic mass is 9.76. The molecule has 0 atom stereocenters. The number of esters is 1. The summed E-state index contributed by atoms with van der Waals surface area (Å²) in [7, 11) is 0. The average molecular weight is 398 g/mol. The minimum atomic E-state index is -0.476. The molecule has 1 aromatic carbocycles. The SMILES string of the molecule is CCC(=O)OC1(c2ccccc2)CCN(C2(c3cccs3)CCCCC2)CC1. The molecule has 2 aromatic rings. The van der Waals surface area contributed by atoms with E-state index in [1.165, 1.54) is 37.0 Å². The number of piperidine rings is 1. The summed E-state index contributed by atoms with van der Waals surface area (Å²) >= 11 is 1.91. The van der Waals surface area contributed by atoms with Gasteiger partial charge in [-0.3, -0.25) is 9.69 Å². The van der Waals surface area contributed by atoms with Crippen molar-refractivity contribution in [1.29, 1.82) is 0 Å². The largest absolute Gasteiger partial charge is 0.454 e. The predicted molar refractivity (Wildman–Crippen MR) is 114 cm³/mol. The molecule has 0 bridgehead atoms. The zero-order valence-electron chi connectivity index (χ0n) is 16.9. The quantitative estimate of drug-likeness (QED) is 0.593. The van der Waals surface area contributed by atoms with Gasteiger partial charge in [-0.2, -0.15) is 0 Å². The van der Waals surface area contributed by atoms with Crippen LogP contribution < -0.4 is 0 Å². The van der Waals surface area contributed by atoms with Crippen molar-refractivity contribution in [3.63, 3.8) is 0 Å². The fraction of sp³-hybridized carbons (Fsp3) is 0.542. The summed E-state index contributed by atoms with van der Waals surface area (Å²) in [6, 6.07) is 14.9. The zero-order chi connectivity index (χ0) is 19.5. The van der Waals surface area contributed by atoms with E-state index in [1.807, 2.05) is 24.3 Å². The lowest BCUT2D eigenvalue weighted by Crippen LogP contribution is -2.54. The Morgan fingerprint density at radius 1 is 1.00 bits per heavy atom. The zero-order valence-corrected chi connectivity index (χ0v) is 17.7. The number of carbonyl (C=O) groups is 1. The summed E-state index contributed by atoms with van der Waals surface area (Å²) in [4.78, 5) is 16.5. The number of likely N-dealkylation sites (tertiary alicyclic amines) is 1. The molecule has 1 saturated carbocycles. The van der Waals surface area contributed by atoms with Crippen LogP contribution in [0.15, 0.2) is 47.8 Å². The third-order valence-electron chi connectivity index (χ3n) is 6.73. The number of thiophene rings is 1. The highest BCUT2D eigenvalue weighted by molar-refractivity contribution is 7.10. The van der Waals surface area contributed by atoms with E-state index < -0.39 is 5.60 Å². The second-order valence-corrected chi connectivity index (χ2v) is 9.19. The molecule has 1 aromatic heterocycles. The molecule has 0 spiro atoms. The van der Waals surface area contributed by atoms with E-state index in [2.05, 4.69) is 46.7 Å². The molecule has 4 heteroatoms. The summed E-state index contributed by atoms with van der Waals surface area (Å²) in [6.45, 7) is 3.83. The Balaban J connectivity index is 1.59. The Morgan fingerprint density at radius 2 is 1.71 bits per heavy atom. The van der Waals surface area contributed by atoms with Gasteiger partial charge in [-0.1, -0.05) is 62.6 Å². The van der Waals surface area contributed by atoms with Gasteiger partial charge in [0.25, 0.3) is 0 Å². The molecular weight excluding hydrogens is 366 g/mol. The lowest BCUT2D eigenvalue weighted by Gasteiger charge is -2.51. The van der Waals surface area contributed by atoms with Gasteiger partial charge in [0.2, 0.25) is 0 Å². The summed E-state index contributed by atoms with van der Waals surface area (Å²) in [5.41, 5.74) is 0.852. The standard InChI is InChI=1S/C24H31NO2S/c1-2-22(26)27-24(20-10-5-3-6-11-20)15-17-25(18-16-24)23(13-7-4-8-14-23)21-12-9-19-28-21/h3,5-6,9-12,19H,2,4,7-8,13-18H2,1H3. The highest BCUT2D eigenvalue weighted by Crippen LogP contribution is 2.48. The number of benzene rings is 1. The molecule has 3 nitrogen and oxygen atoms in total. The van der Waals surface area contributed by atoms with Gasteiger partial charge in [0.15, 0.2) is 0 Å². The number of ether oxygens (including phenoxy) is 1. The van der Waals surface area contributed by atoms with Crippen molar-refractivity contribution in [2.45, 2.75) is 69.4 Å². The third-order valence-corrected chi connectivity index (χ3v) is 7.80. The van der Waals surface area contributed by atoms with Crippen LogP contribution in [-0.4, -0.2) is 24.0 Å². The van der Waals surface area contributed by atoms with Gasteiger partial charge < -0.3 is 4.74 Å². The van der Waals surface area contributed by atoms with Crippen LogP contribution in [0.4, 0.5) is 0 Å². The molecule has 2 heterocycles. The van der Waals surface area contributed by atoms with Gasteiger partial charge in [0.1, 0.15) is 5.60 Å². The van der Waals surface area contributed by atoms with E-state index in [-0.39, 0.29) is 11.5 Å². The third kappa shape index (κ3) is 3.65. The van der Waals surface area contributed by atoms with Gasteiger partial charge in [-0.25, -0.2) is 0 Å². The highest BCUT2D eigenvalue weighted by Gasteiger charge is 2.46. The Labute approximate surface area is 172 Å². The number of nitrogens with zero attached hydrogens (tertiary/aromatic N) is 1. The van der Waals surface area contributed by atoms with Crippen molar-refractivity contribution < 1.29 is 9.53 Å². The molecular formula is C24H31NO2S. The molecule has 28 heavy (non-hydrogen) atoms. The molecule has 0 unspecified atom stereocenters. The van der Waals surface area contributed by atoms with E-state index in [9.17, 15) is 4.79 Å². The normalized spacial score (nSPS) is 21.9. The van der Waals surface area contributed by atoms with Crippen molar-refractivity contribution in [2.24, 2.45) is 0 Å². The maximum absolute atomic E-state index is 12.3. The van der Waals surface area contributed by atoms with Crippen molar-refractivity contribution in [2.75, 3.05) is 13.1 Å². The van der Waals surface area contributed by atoms with Crippen molar-refractivity contribution in [1.82, 2.24) is 4.90 Å². The lowest BCUT2D eigenvalue weighted by molar-refractivity contribution is -0.169. The van der Waals surface area contributed by atoms with Crippen LogP contribution in [0.3, 0.4) is 0 Å². The highest BCUT2D eigenvalue weighted by atomic mass is 32.1. The van der Waals surface area contributed by atoms with Crippen LogP contribution in [0, 0.1) is 0 Å². The molecule has 1 saturated heterocycles. The predicted octanol–water partition coefficient (Wildman–Crippen LogP) is 5.85. The first-order chi connectivity index (χ1) is 13.7. The topological polar surface area (TPSA) is 29.5 Å². The second kappa shape index (κ2) is 8.38. The molecule has 2 fully saturated rings. The summed E-state index contributed by atoms with van der Waals surface area (Å²) in [5.74, 6) is -0.0945. The van der Waals surface area contributed by atoms with Gasteiger partial charge in [0.05, 0.1) is 5.54 Å². The van der Waals surface area contributed by atoms with Crippen molar-refractivity contribution in [3.05, 3.63) is 58.3 Å². The van der Waals surface area contributed by atoms with Gasteiger partial charge in [-0.15, -0.1) is 11.3 Å². The molecule has 0 amide bonds. The Hall–Kier alpha value is -1.65. The minimum absolute atomic E-state index is 0.0945. The first kappa shape index (κ1) is 19.7. The number of carbonyl (C=O) groups excluding carboxylic acids is 1. The summed E-state index contributed by atoms with van der Waals surface area (Å²) < 4.78 is 6.11. The Kier molecular flexibility index (Phi) is 5.88. The first-order valence-electron chi connectivity index (χ1n) is 10.7. The van der Waals surface area contributed by atoms with Crippen LogP contribution in [0.1, 0.15) is 68.7 Å². The summed E-state index contributed by atoms with van der Waals surface area (Å²) in [5, 5.41) is 2.22. The van der Waals surface area contributed by atoms with E-state index >= 15 is 0 Å². The van der Waals surface area contributed by atoms with E-state index in [1.54, 1.807) is 0 Å². The van der Waals surface area contributed by atoms with Crippen LogP contribution in [0.25, 0.3) is 0 Å². The van der Waals surface area contributed by atoms with E-state index in [0.717, 1.165) is 31.5 Å². The average Bonchev–Trinajstić information content (AvgIpc) is 3.31. The minimum Gasteiger partial charge on any atom is -0.454 e. The maximum atomic E-state index is 12.3. The van der Waals surface area contributed by atoms with Crippen LogP contribution >= 0.6 is 11.3 Å². The molecule has 0 N–H and O–H groups in total. The first-order valence-corrected chi connectivity index (χ1v) is 11.6. The van der Waals surface area contributed by atoms with Crippen molar-refractivity contribution in [3.8, 4) is 0 Å². The van der Waals surface area contributed by atoms with Gasteiger partial charge in [0, 0.05) is 37.2 Å². The Bertz CT molecular complexity index is 757. The number of rotatable bonds is 5. The van der Waals surface area contributed by atoms with E-state index in [0.29, 0.717) is 6.42 Å². The maximum Gasteiger partial charge on any atom is 0.306 e. The molecule has 0 radical (unpaired) electrons. The molecule has 1 aliphatic carbocycles. The molecule has 2 aliphatic rings. The number of hydrogen-bond acceptors (Lipinski definition) is 4. The second-order valence-electron chi connectivity index (χ2n) is 8.24. The molecule has 4 rings (SSSR count). The van der Waals surface area contributed by atoms with Gasteiger partial charge in [-0.05, 0) is 29.9 Å². The fourth-order valence-electron chi connectivity index (χ4n) is 5.18.